The van der Waals surface area contributed by atoms with Gasteiger partial charge in [-0.05, 0) is 116 Å². The summed E-state index contributed by atoms with van der Waals surface area (Å²) in [6.45, 7) is 15.6. The number of imide groups is 1. The number of carbonyl (C=O) groups is 6. The molecule has 0 saturated heterocycles. The molecule has 2 heterocycles. The van der Waals surface area contributed by atoms with Crippen molar-refractivity contribution in [3.63, 3.8) is 0 Å². The number of methoxy groups -OCH3 is 1. The number of benzene rings is 3. The van der Waals surface area contributed by atoms with E-state index in [1.165, 1.54) is 42.7 Å². The maximum atomic E-state index is 14.4. The van der Waals surface area contributed by atoms with Crippen molar-refractivity contribution < 1.29 is 52.5 Å². The van der Waals surface area contributed by atoms with Gasteiger partial charge in [-0.15, -0.1) is 11.3 Å². The quantitative estimate of drug-likeness (QED) is 0.0658. The fraction of sp³-hybridized carbons (Fsp3) is 0.408. The van der Waals surface area contributed by atoms with E-state index >= 15 is 0 Å². The van der Waals surface area contributed by atoms with Crippen molar-refractivity contribution in [2.75, 3.05) is 13.7 Å². The second-order valence-electron chi connectivity index (χ2n) is 18.4. The van der Waals surface area contributed by atoms with Crippen molar-refractivity contribution in [3.8, 4) is 5.75 Å². The molecule has 1 N–H and O–H groups in total. The van der Waals surface area contributed by atoms with E-state index in [-0.39, 0.29) is 35.8 Å². The average molecular weight is 911 g/mol. The fourth-order valence-corrected chi connectivity index (χ4v) is 7.65. The summed E-state index contributed by atoms with van der Waals surface area (Å²) < 4.78 is 27.4. The van der Waals surface area contributed by atoms with Gasteiger partial charge in [0.05, 0.1) is 13.5 Å². The van der Waals surface area contributed by atoms with E-state index in [1.54, 1.807) is 67.2 Å². The van der Waals surface area contributed by atoms with Crippen molar-refractivity contribution in [1.29, 1.82) is 0 Å². The smallest absolute Gasteiger partial charge is 0.436 e. The van der Waals surface area contributed by atoms with Crippen molar-refractivity contribution >= 4 is 53.2 Å². The van der Waals surface area contributed by atoms with Gasteiger partial charge in [-0.3, -0.25) is 14.4 Å². The second kappa shape index (κ2) is 21.0. The van der Waals surface area contributed by atoms with Crippen LogP contribution >= 0.6 is 11.3 Å². The highest BCUT2D eigenvalue weighted by atomic mass is 32.1. The molecular formula is C49H58N4O11S. The Morgan fingerprint density at radius 2 is 1.34 bits per heavy atom. The molecular weight excluding hydrogens is 853 g/mol. The number of nitrogens with zero attached hydrogens (tertiary/aromatic N) is 3. The first-order valence-electron chi connectivity index (χ1n) is 21.2. The number of hydrogen-bond acceptors (Lipinski definition) is 12. The van der Waals surface area contributed by atoms with E-state index in [1.807, 2.05) is 60.7 Å². The molecule has 1 aliphatic rings. The molecule has 0 spiro atoms. The Morgan fingerprint density at radius 3 is 1.91 bits per heavy atom. The van der Waals surface area contributed by atoms with Gasteiger partial charge in [-0.25, -0.2) is 14.4 Å². The van der Waals surface area contributed by atoms with Crippen molar-refractivity contribution in [1.82, 2.24) is 15.1 Å². The molecule has 1 aliphatic heterocycles. The summed E-state index contributed by atoms with van der Waals surface area (Å²) in [6.07, 6.45) is -2.57. The van der Waals surface area contributed by atoms with Gasteiger partial charge in [0.15, 0.2) is 5.84 Å². The molecule has 5 rings (SSSR count). The third-order valence-corrected chi connectivity index (χ3v) is 10.6. The van der Waals surface area contributed by atoms with Crippen LogP contribution in [-0.2, 0) is 61.0 Å². The second-order valence-corrected chi connectivity index (χ2v) is 19.6. The lowest BCUT2D eigenvalue weighted by Crippen LogP contribution is -2.50. The average Bonchev–Trinajstić information content (AvgIpc) is 3.62. The number of amides is 5. The number of ether oxygens (including phenoxy) is 5. The van der Waals surface area contributed by atoms with E-state index < -0.39 is 52.9 Å². The third kappa shape index (κ3) is 15.0. The molecule has 65 heavy (non-hydrogen) atoms. The van der Waals surface area contributed by atoms with Crippen LogP contribution in [0.15, 0.2) is 89.9 Å². The molecule has 3 aromatic carbocycles. The molecule has 0 aliphatic carbocycles. The van der Waals surface area contributed by atoms with E-state index in [2.05, 4.69) is 10.3 Å². The third-order valence-electron chi connectivity index (χ3n) is 9.35. The molecule has 0 unspecified atom stereocenters. The highest BCUT2D eigenvalue weighted by Crippen LogP contribution is 2.30. The van der Waals surface area contributed by atoms with Gasteiger partial charge in [0.1, 0.15) is 35.2 Å². The first-order chi connectivity index (χ1) is 30.5. The van der Waals surface area contributed by atoms with Crippen LogP contribution in [0.2, 0.25) is 0 Å². The largest absolute Gasteiger partial charge is 0.489 e. The predicted octanol–water partition coefficient (Wildman–Crippen LogP) is 8.82. The summed E-state index contributed by atoms with van der Waals surface area (Å²) in [5, 5.41) is 2.94. The normalized spacial score (nSPS) is 13.4. The van der Waals surface area contributed by atoms with Crippen molar-refractivity contribution in [2.45, 2.75) is 118 Å². The Kier molecular flexibility index (Phi) is 16.0. The molecule has 0 fully saturated rings. The molecule has 346 valence electrons. The lowest BCUT2D eigenvalue weighted by Gasteiger charge is -2.31. The van der Waals surface area contributed by atoms with Gasteiger partial charge in [0, 0.05) is 40.4 Å². The number of thiophene rings is 1. The molecule has 0 saturated carbocycles. The lowest BCUT2D eigenvalue weighted by atomic mass is 10.0. The van der Waals surface area contributed by atoms with Crippen molar-refractivity contribution in [2.24, 2.45) is 4.99 Å². The van der Waals surface area contributed by atoms with Crippen LogP contribution < -0.4 is 10.1 Å². The highest BCUT2D eigenvalue weighted by Gasteiger charge is 2.37. The number of hydrogen-bond donors (Lipinski definition) is 1. The van der Waals surface area contributed by atoms with Gasteiger partial charge in [-0.1, -0.05) is 54.6 Å². The maximum absolute atomic E-state index is 14.4. The summed E-state index contributed by atoms with van der Waals surface area (Å²) in [5.41, 5.74) is -0.183. The number of amidine groups is 1. The SMILES string of the molecule is COC(=O)Cc1cc2c(s1)CCN(C(=O)[C@H](Cc1ccc(OCc3ccccc3)cc1)NC(=O)c1ccc(C(=NC(=O)OC(C)(C)C)N(C(=O)OC(C)(C)C)C(=O)OC(C)(C)C)cc1)C2. The topological polar surface area (TPSA) is 179 Å². The Hall–Kier alpha value is -6.55. The summed E-state index contributed by atoms with van der Waals surface area (Å²) in [7, 11) is 1.34. The van der Waals surface area contributed by atoms with E-state index in [0.29, 0.717) is 36.8 Å². The monoisotopic (exact) mass is 910 g/mol. The van der Waals surface area contributed by atoms with Gasteiger partial charge in [-0.2, -0.15) is 9.89 Å². The van der Waals surface area contributed by atoms with Gasteiger partial charge in [0.25, 0.3) is 5.91 Å². The van der Waals surface area contributed by atoms with Crippen LogP contribution in [0.25, 0.3) is 0 Å². The first-order valence-corrected chi connectivity index (χ1v) is 22.0. The minimum atomic E-state index is -1.17. The van der Waals surface area contributed by atoms with Crippen LogP contribution in [0.3, 0.4) is 0 Å². The number of rotatable bonds is 11. The van der Waals surface area contributed by atoms with Crippen LogP contribution in [0.1, 0.15) is 105 Å². The number of nitrogens with one attached hydrogen (secondary N) is 1. The number of carbonyl (C=O) groups excluding carboxylic acids is 6. The molecule has 5 amide bonds. The minimum Gasteiger partial charge on any atom is -0.489 e. The van der Waals surface area contributed by atoms with Crippen molar-refractivity contribution in [3.05, 3.63) is 123 Å². The van der Waals surface area contributed by atoms with Crippen LogP contribution in [0.4, 0.5) is 14.4 Å². The summed E-state index contributed by atoms with van der Waals surface area (Å²) in [5.74, 6) is -1.07. The fourth-order valence-electron chi connectivity index (χ4n) is 6.49. The lowest BCUT2D eigenvalue weighted by molar-refractivity contribution is -0.139. The van der Waals surface area contributed by atoms with Gasteiger partial charge in [0.2, 0.25) is 5.91 Å². The highest BCUT2D eigenvalue weighted by molar-refractivity contribution is 7.12. The Labute approximate surface area is 384 Å². The Balaban J connectivity index is 1.44. The summed E-state index contributed by atoms with van der Waals surface area (Å²) >= 11 is 1.52. The standard InChI is InChI=1S/C49H58N4O11S/c1-47(2,3)62-44(57)51-41(53(45(58)63-48(4,5)6)46(59)64-49(7,8)9)33-18-20-34(21-19-33)42(55)50-38(26-31-16-22-36(23-17-31)61-30-32-14-12-11-13-15-32)43(56)52-25-24-39-35(29-52)27-37(65-39)28-40(54)60-10/h11-23,27,38H,24-26,28-30H2,1-10H3,(H,50,55)/t38-/m0/s1. The molecule has 1 aromatic heterocycles. The Morgan fingerprint density at radius 1 is 0.754 bits per heavy atom. The van der Waals surface area contributed by atoms with Crippen LogP contribution in [0, 0.1) is 0 Å². The van der Waals surface area contributed by atoms with Gasteiger partial charge < -0.3 is 33.9 Å². The summed E-state index contributed by atoms with van der Waals surface area (Å²) in [6, 6.07) is 23.6. The molecule has 1 atom stereocenters. The zero-order valence-corrected chi connectivity index (χ0v) is 39.5. The van der Waals surface area contributed by atoms with E-state index in [0.717, 1.165) is 26.4 Å². The van der Waals surface area contributed by atoms with E-state index in [9.17, 15) is 28.8 Å². The summed E-state index contributed by atoms with van der Waals surface area (Å²) in [4.78, 5) is 89.3. The molecule has 0 radical (unpaired) electrons. The van der Waals surface area contributed by atoms with E-state index in [4.69, 9.17) is 23.7 Å². The molecule has 0 bridgehead atoms. The molecule has 15 nitrogen and oxygen atoms in total. The first kappa shape index (κ1) is 49.5. The number of aliphatic imine (C=N–C) groups is 1. The number of esters is 1. The molecule has 4 aromatic rings. The van der Waals surface area contributed by atoms with Crippen LogP contribution in [0.5, 0.6) is 5.75 Å². The minimum absolute atomic E-state index is 0.0674. The molecule has 16 heteroatoms. The predicted molar refractivity (Wildman–Crippen MR) is 245 cm³/mol. The zero-order chi connectivity index (χ0) is 47.7. The maximum Gasteiger partial charge on any atom is 0.436 e. The zero-order valence-electron chi connectivity index (χ0n) is 38.6. The Bertz CT molecular complexity index is 2350. The number of fused-ring (bicyclic) bond motifs is 1. The van der Waals surface area contributed by atoms with Crippen LogP contribution in [-0.4, -0.2) is 88.2 Å². The van der Waals surface area contributed by atoms with Gasteiger partial charge >= 0.3 is 24.2 Å².